The van der Waals surface area contributed by atoms with Crippen LogP contribution < -0.4 is 9.47 Å². The summed E-state index contributed by atoms with van der Waals surface area (Å²) in [5.74, 6) is 4.16. The lowest BCUT2D eigenvalue weighted by Gasteiger charge is -2.03. The lowest BCUT2D eigenvalue weighted by atomic mass is 10.1. The largest absolute Gasteiger partial charge is 0.483 e. The molecule has 0 saturated carbocycles. The van der Waals surface area contributed by atoms with Crippen LogP contribution in [0.4, 0.5) is 0 Å². The van der Waals surface area contributed by atoms with Gasteiger partial charge in [0.25, 0.3) is 0 Å². The van der Waals surface area contributed by atoms with Crippen LogP contribution in [0.5, 0.6) is 11.5 Å². The molecule has 2 aromatic heterocycles. The minimum atomic E-state index is 0.277. The molecule has 7 nitrogen and oxygen atoms in total. The fourth-order valence-corrected chi connectivity index (χ4v) is 3.49. The number of thioether (sulfide) groups is 2. The van der Waals surface area contributed by atoms with E-state index < -0.39 is 0 Å². The Morgan fingerprint density at radius 3 is 1.48 bits per heavy atom. The molecule has 0 aliphatic rings. The molecule has 0 aliphatic carbocycles. The van der Waals surface area contributed by atoms with Crippen LogP contribution in [0.3, 0.4) is 0 Å². The third-order valence-corrected chi connectivity index (χ3v) is 5.30. The first kappa shape index (κ1) is 23.3. The summed E-state index contributed by atoms with van der Waals surface area (Å²) in [5.41, 5.74) is 3.39. The summed E-state index contributed by atoms with van der Waals surface area (Å²) in [6, 6.07) is 19.2. The summed E-state index contributed by atoms with van der Waals surface area (Å²) < 4.78 is 27.7. The molecule has 0 unspecified atom stereocenters. The van der Waals surface area contributed by atoms with Crippen molar-refractivity contribution in [1.82, 2.24) is 10.3 Å². The molecular weight excluding hydrogens is 460 g/mol. The van der Waals surface area contributed by atoms with E-state index in [1.807, 2.05) is 73.2 Å². The molecule has 0 aliphatic heterocycles. The van der Waals surface area contributed by atoms with Gasteiger partial charge >= 0.3 is 0 Å². The van der Waals surface area contributed by atoms with Crippen LogP contribution in [-0.2, 0) is 18.0 Å². The van der Waals surface area contributed by atoms with Crippen LogP contribution >= 0.6 is 23.5 Å². The van der Waals surface area contributed by atoms with Gasteiger partial charge in [0.1, 0.15) is 48.0 Å². The third-order valence-electron chi connectivity index (χ3n) is 4.59. The Hall–Kier alpha value is -2.88. The molecule has 0 spiro atoms. The molecule has 0 bridgehead atoms. The van der Waals surface area contributed by atoms with E-state index in [1.165, 1.54) is 0 Å². The molecule has 0 N–H and O–H groups in total. The molecule has 9 heteroatoms. The third kappa shape index (κ3) is 6.56. The summed E-state index contributed by atoms with van der Waals surface area (Å²) in [7, 11) is 0. The lowest BCUT2D eigenvalue weighted by molar-refractivity contribution is 0.0727. The lowest BCUT2D eigenvalue weighted by Crippen LogP contribution is -1.91. The second-order valence-corrected chi connectivity index (χ2v) is 8.63. The van der Waals surface area contributed by atoms with Gasteiger partial charge in [-0.1, -0.05) is 10.3 Å². The Kier molecular flexibility index (Phi) is 8.35. The van der Waals surface area contributed by atoms with E-state index in [4.69, 9.17) is 23.3 Å². The van der Waals surface area contributed by atoms with Crippen LogP contribution in [0.1, 0.15) is 11.5 Å². The van der Waals surface area contributed by atoms with Crippen molar-refractivity contribution in [3.63, 3.8) is 0 Å². The Bertz CT molecular complexity index is 1040. The summed E-state index contributed by atoms with van der Waals surface area (Å²) >= 11 is 3.26. The molecule has 2 heterocycles. The van der Waals surface area contributed by atoms with Crippen molar-refractivity contribution in [3.8, 4) is 34.0 Å². The van der Waals surface area contributed by atoms with Crippen LogP contribution in [-0.4, -0.2) is 34.7 Å². The van der Waals surface area contributed by atoms with E-state index >= 15 is 0 Å². The first-order valence-corrected chi connectivity index (χ1v) is 13.0. The van der Waals surface area contributed by atoms with Crippen molar-refractivity contribution >= 4 is 23.5 Å². The van der Waals surface area contributed by atoms with E-state index in [-0.39, 0.29) is 13.2 Å². The Balaban J connectivity index is 1.27. The second-order valence-electron chi connectivity index (χ2n) is 7.00. The Morgan fingerprint density at radius 2 is 1.09 bits per heavy atom. The van der Waals surface area contributed by atoms with Crippen LogP contribution in [0.15, 0.2) is 69.7 Å². The zero-order valence-corrected chi connectivity index (χ0v) is 20.0. The molecule has 0 atom stereocenters. The summed E-state index contributed by atoms with van der Waals surface area (Å²) in [4.78, 5) is 0. The van der Waals surface area contributed by atoms with Crippen LogP contribution in [0, 0.1) is 0 Å². The standard InChI is InChI=1S/C24H24N2O5S2/c1-32-15-28-19-7-3-17(4-8-19)23-11-21(30-25-23)13-27-14-22-12-24(26-31-22)18-5-9-20(10-6-18)29-16-33-2/h3-12H,13-16H2,1-2H3. The molecule has 0 radical (unpaired) electrons. The van der Waals surface area contributed by atoms with E-state index in [9.17, 15) is 0 Å². The SMILES string of the molecule is CSCOc1ccc(-c2cc(COCc3cc(-c4ccc(OCSC)cc4)no3)on2)cc1. The molecule has 4 rings (SSSR count). The zero-order chi connectivity index (χ0) is 22.9. The summed E-state index contributed by atoms with van der Waals surface area (Å²) in [5, 5.41) is 8.25. The molecule has 2 aromatic carbocycles. The zero-order valence-electron chi connectivity index (χ0n) is 18.4. The number of hydrogen-bond donors (Lipinski definition) is 0. The van der Waals surface area contributed by atoms with Crippen molar-refractivity contribution in [2.24, 2.45) is 0 Å². The van der Waals surface area contributed by atoms with Gasteiger partial charge in [0.15, 0.2) is 11.5 Å². The molecular formula is C24H24N2O5S2. The number of nitrogens with zero attached hydrogens (tertiary/aromatic N) is 2. The minimum absolute atomic E-state index is 0.277. The van der Waals surface area contributed by atoms with E-state index in [0.717, 1.165) is 34.0 Å². The van der Waals surface area contributed by atoms with Crippen molar-refractivity contribution in [1.29, 1.82) is 0 Å². The van der Waals surface area contributed by atoms with E-state index in [1.54, 1.807) is 23.5 Å². The highest BCUT2D eigenvalue weighted by atomic mass is 32.2. The fraction of sp³-hybridized carbons (Fsp3) is 0.250. The molecule has 0 saturated heterocycles. The number of benzene rings is 2. The first-order chi connectivity index (χ1) is 16.2. The highest BCUT2D eigenvalue weighted by Gasteiger charge is 2.10. The molecule has 172 valence electrons. The van der Waals surface area contributed by atoms with Gasteiger partial charge in [0, 0.05) is 23.3 Å². The van der Waals surface area contributed by atoms with E-state index in [0.29, 0.717) is 23.4 Å². The van der Waals surface area contributed by atoms with Gasteiger partial charge in [-0.25, -0.2) is 0 Å². The second kappa shape index (κ2) is 11.8. The highest BCUT2D eigenvalue weighted by Crippen LogP contribution is 2.25. The summed E-state index contributed by atoms with van der Waals surface area (Å²) in [6.07, 6.45) is 3.99. The quantitative estimate of drug-likeness (QED) is 0.221. The smallest absolute Gasteiger partial charge is 0.163 e. The van der Waals surface area contributed by atoms with Gasteiger partial charge in [0.05, 0.1) is 0 Å². The number of ether oxygens (including phenoxy) is 3. The molecule has 0 amide bonds. The predicted octanol–water partition coefficient (Wildman–Crippen LogP) is 6.11. The topological polar surface area (TPSA) is 79.8 Å². The number of aromatic nitrogens is 2. The number of rotatable bonds is 12. The molecule has 33 heavy (non-hydrogen) atoms. The average molecular weight is 485 g/mol. The van der Waals surface area contributed by atoms with E-state index in [2.05, 4.69) is 10.3 Å². The summed E-state index contributed by atoms with van der Waals surface area (Å²) in [6.45, 7) is 0.554. The van der Waals surface area contributed by atoms with Gasteiger partial charge in [-0.3, -0.25) is 0 Å². The van der Waals surface area contributed by atoms with Crippen molar-refractivity contribution in [2.75, 3.05) is 24.4 Å². The van der Waals surface area contributed by atoms with Gasteiger partial charge in [-0.2, -0.15) is 0 Å². The Morgan fingerprint density at radius 1 is 0.667 bits per heavy atom. The normalized spacial score (nSPS) is 11.0. The van der Waals surface area contributed by atoms with Gasteiger partial charge in [-0.05, 0) is 61.0 Å². The maximum absolute atomic E-state index is 5.72. The van der Waals surface area contributed by atoms with Gasteiger partial charge in [-0.15, -0.1) is 23.5 Å². The number of hydrogen-bond acceptors (Lipinski definition) is 9. The van der Waals surface area contributed by atoms with Gasteiger partial charge in [0.2, 0.25) is 0 Å². The van der Waals surface area contributed by atoms with Crippen molar-refractivity contribution in [3.05, 3.63) is 72.2 Å². The van der Waals surface area contributed by atoms with Crippen LogP contribution in [0.25, 0.3) is 22.5 Å². The van der Waals surface area contributed by atoms with Crippen molar-refractivity contribution in [2.45, 2.75) is 13.2 Å². The maximum atomic E-state index is 5.72. The molecule has 4 aromatic rings. The average Bonchev–Trinajstić information content (AvgIpc) is 3.52. The maximum Gasteiger partial charge on any atom is 0.163 e. The first-order valence-electron chi connectivity index (χ1n) is 10.2. The molecule has 0 fully saturated rings. The van der Waals surface area contributed by atoms with Crippen LogP contribution in [0.2, 0.25) is 0 Å². The predicted molar refractivity (Wildman–Crippen MR) is 130 cm³/mol. The minimum Gasteiger partial charge on any atom is -0.483 e. The highest BCUT2D eigenvalue weighted by molar-refractivity contribution is 7.98. The Labute approximate surface area is 200 Å². The fourth-order valence-electron chi connectivity index (χ4n) is 2.98. The van der Waals surface area contributed by atoms with Crippen molar-refractivity contribution < 1.29 is 23.3 Å². The monoisotopic (exact) mass is 484 g/mol. The van der Waals surface area contributed by atoms with Gasteiger partial charge < -0.3 is 23.3 Å².